The van der Waals surface area contributed by atoms with E-state index in [2.05, 4.69) is 4.74 Å². The zero-order chi connectivity index (χ0) is 28.2. The third-order valence-electron chi connectivity index (χ3n) is 6.31. The van der Waals surface area contributed by atoms with Crippen molar-refractivity contribution >= 4 is 10.8 Å². The Kier molecular flexibility index (Phi) is 8.80. The van der Waals surface area contributed by atoms with E-state index in [-0.39, 0.29) is 24.2 Å². The summed E-state index contributed by atoms with van der Waals surface area (Å²) in [5.74, 6) is -4.54. The average Bonchev–Trinajstić information content (AvgIpc) is 2.87. The molecule has 0 aliphatic heterocycles. The van der Waals surface area contributed by atoms with Crippen molar-refractivity contribution in [3.63, 3.8) is 0 Å². The van der Waals surface area contributed by atoms with E-state index in [1.807, 2.05) is 6.07 Å². The fourth-order valence-corrected chi connectivity index (χ4v) is 4.39. The molecule has 0 heterocycles. The van der Waals surface area contributed by atoms with E-state index in [4.69, 9.17) is 4.74 Å². The lowest BCUT2D eigenvalue weighted by Crippen LogP contribution is -2.20. The van der Waals surface area contributed by atoms with Crippen LogP contribution in [0.1, 0.15) is 23.1 Å². The van der Waals surface area contributed by atoms with Gasteiger partial charge in [-0.2, -0.15) is 13.2 Å². The lowest BCUT2D eigenvalue weighted by molar-refractivity contribution is -0.154. The average molecular weight is 551 g/mol. The Hall–Kier alpha value is -3.59. The largest absolute Gasteiger partial charge is 0.478 e. The molecule has 0 atom stereocenters. The molecule has 2 nitrogen and oxygen atoms in total. The van der Waals surface area contributed by atoms with Crippen LogP contribution < -0.4 is 4.74 Å². The van der Waals surface area contributed by atoms with Gasteiger partial charge in [0, 0.05) is 24.7 Å². The maximum absolute atomic E-state index is 15.3. The van der Waals surface area contributed by atoms with Crippen molar-refractivity contribution in [1.29, 1.82) is 0 Å². The molecular weight excluding hydrogens is 525 g/mol. The van der Waals surface area contributed by atoms with Crippen LogP contribution in [0.5, 0.6) is 5.75 Å². The van der Waals surface area contributed by atoms with E-state index in [9.17, 15) is 26.3 Å². The number of halogens is 7. The van der Waals surface area contributed by atoms with Gasteiger partial charge in [0.25, 0.3) is 0 Å². The number of ether oxygens (including phenoxy) is 2. The first-order valence-electron chi connectivity index (χ1n) is 12.2. The van der Waals surface area contributed by atoms with E-state index in [0.29, 0.717) is 40.5 Å². The van der Waals surface area contributed by atoms with Gasteiger partial charge in [-0.3, -0.25) is 0 Å². The van der Waals surface area contributed by atoms with Gasteiger partial charge in [0.2, 0.25) is 0 Å². The Labute approximate surface area is 221 Å². The maximum atomic E-state index is 15.3. The molecule has 0 amide bonds. The third-order valence-corrected chi connectivity index (χ3v) is 6.31. The second-order valence-electron chi connectivity index (χ2n) is 9.18. The van der Waals surface area contributed by atoms with Gasteiger partial charge in [0.1, 0.15) is 11.6 Å². The summed E-state index contributed by atoms with van der Waals surface area (Å²) in [5.41, 5.74) is 2.27. The molecule has 4 rings (SSSR count). The molecule has 39 heavy (non-hydrogen) atoms. The smallest absolute Gasteiger partial charge is 0.422 e. The topological polar surface area (TPSA) is 18.5 Å². The Morgan fingerprint density at radius 1 is 0.718 bits per heavy atom. The Morgan fingerprint density at radius 3 is 2.10 bits per heavy atom. The van der Waals surface area contributed by atoms with Gasteiger partial charge < -0.3 is 9.47 Å². The quantitative estimate of drug-likeness (QED) is 0.146. The molecule has 206 valence electrons. The number of fused-ring (bicyclic) bond motifs is 1. The summed E-state index contributed by atoms with van der Waals surface area (Å²) in [6.45, 7) is -1.24. The minimum absolute atomic E-state index is 0.0375. The van der Waals surface area contributed by atoms with Crippen molar-refractivity contribution in [1.82, 2.24) is 0 Å². The predicted octanol–water partition coefficient (Wildman–Crippen LogP) is 8.37. The van der Waals surface area contributed by atoms with Crippen LogP contribution in [0.2, 0.25) is 0 Å². The predicted molar refractivity (Wildman–Crippen MR) is 135 cm³/mol. The normalized spacial score (nSPS) is 11.8. The van der Waals surface area contributed by atoms with Gasteiger partial charge in [-0.15, -0.1) is 0 Å². The first-order valence-corrected chi connectivity index (χ1v) is 12.2. The number of rotatable bonds is 10. The summed E-state index contributed by atoms with van der Waals surface area (Å²) >= 11 is 0. The molecule has 9 heteroatoms. The molecule has 4 aromatic rings. The molecule has 0 aromatic heterocycles. The highest BCUT2D eigenvalue weighted by Gasteiger charge is 2.30. The van der Waals surface area contributed by atoms with Crippen molar-refractivity contribution in [2.24, 2.45) is 0 Å². The molecule has 0 radical (unpaired) electrons. The molecule has 0 bridgehead atoms. The van der Waals surface area contributed by atoms with Crippen molar-refractivity contribution in [2.75, 3.05) is 20.3 Å². The summed E-state index contributed by atoms with van der Waals surface area (Å²) < 4.78 is 105. The Morgan fingerprint density at radius 2 is 1.44 bits per heavy atom. The monoisotopic (exact) mass is 550 g/mol. The van der Waals surface area contributed by atoms with Crippen LogP contribution in [0.25, 0.3) is 21.9 Å². The number of methoxy groups -OCH3 is 1. The lowest BCUT2D eigenvalue weighted by atomic mass is 9.96. The molecule has 4 aromatic carbocycles. The number of hydrogen-bond acceptors (Lipinski definition) is 2. The first kappa shape index (κ1) is 28.4. The lowest BCUT2D eigenvalue weighted by Gasteiger charge is -2.12. The van der Waals surface area contributed by atoms with Gasteiger partial charge >= 0.3 is 6.18 Å². The number of alkyl halides is 3. The van der Waals surface area contributed by atoms with Gasteiger partial charge in [-0.05, 0) is 77.6 Å². The zero-order valence-electron chi connectivity index (χ0n) is 21.0. The summed E-state index contributed by atoms with van der Waals surface area (Å²) in [6.07, 6.45) is -3.15. The summed E-state index contributed by atoms with van der Waals surface area (Å²) in [5, 5.41) is 0.863. The van der Waals surface area contributed by atoms with Crippen molar-refractivity contribution < 1.29 is 40.2 Å². The summed E-state index contributed by atoms with van der Waals surface area (Å²) in [6, 6.07) is 14.9. The number of aryl methyl sites for hydroxylation is 3. The van der Waals surface area contributed by atoms with Gasteiger partial charge in [0.05, 0.1) is 0 Å². The van der Waals surface area contributed by atoms with Crippen molar-refractivity contribution in [2.45, 2.75) is 31.9 Å². The zero-order valence-corrected chi connectivity index (χ0v) is 21.0. The highest BCUT2D eigenvalue weighted by atomic mass is 19.4. The number of benzene rings is 4. The molecule has 0 aliphatic rings. The first-order chi connectivity index (χ1) is 18.6. The van der Waals surface area contributed by atoms with Crippen LogP contribution >= 0.6 is 0 Å². The van der Waals surface area contributed by atoms with Gasteiger partial charge in [-0.25, -0.2) is 17.6 Å². The van der Waals surface area contributed by atoms with Crippen molar-refractivity contribution in [3.8, 4) is 16.9 Å². The minimum Gasteiger partial charge on any atom is -0.478 e. The van der Waals surface area contributed by atoms with Crippen LogP contribution in [0.4, 0.5) is 30.7 Å². The van der Waals surface area contributed by atoms with Gasteiger partial charge in [0.15, 0.2) is 24.0 Å². The molecule has 0 N–H and O–H groups in total. The summed E-state index contributed by atoms with van der Waals surface area (Å²) in [4.78, 5) is 0. The van der Waals surface area contributed by atoms with Crippen LogP contribution in [-0.4, -0.2) is 26.5 Å². The molecule has 0 unspecified atom stereocenters. The van der Waals surface area contributed by atoms with E-state index in [0.717, 1.165) is 24.1 Å². The number of hydrogen-bond donors (Lipinski definition) is 0. The maximum Gasteiger partial charge on any atom is 0.422 e. The second-order valence-corrected chi connectivity index (χ2v) is 9.18. The van der Waals surface area contributed by atoms with Crippen LogP contribution in [0, 0.1) is 23.3 Å². The standard InChI is InChI=1S/C30H25F7O2/c1-38-12-2-3-18-5-10-23(25(31)13-18)21-9-11-24-22(16-21)8-7-20(28(24)34)6-4-19-14-26(32)29(27(33)15-19)39-17-30(35,36)37/h5,7-11,13-16H,2-4,6,12,17H2,1H3. The Bertz CT molecular complexity index is 1440. The van der Waals surface area contributed by atoms with E-state index in [1.165, 1.54) is 6.07 Å². The molecule has 0 fully saturated rings. The van der Waals surface area contributed by atoms with Crippen LogP contribution in [0.3, 0.4) is 0 Å². The fourth-order valence-electron chi connectivity index (χ4n) is 4.39. The molecule has 0 aliphatic carbocycles. The molecule has 0 spiro atoms. The molecule has 0 saturated carbocycles. The Balaban J connectivity index is 1.49. The van der Waals surface area contributed by atoms with Crippen molar-refractivity contribution in [3.05, 3.63) is 101 Å². The van der Waals surface area contributed by atoms with Gasteiger partial charge in [-0.1, -0.05) is 36.4 Å². The summed E-state index contributed by atoms with van der Waals surface area (Å²) in [7, 11) is 1.61. The SMILES string of the molecule is COCCCc1ccc(-c2ccc3c(F)c(CCc4cc(F)c(OCC(F)(F)F)c(F)c4)ccc3c2)c(F)c1. The van der Waals surface area contributed by atoms with E-state index >= 15 is 4.39 Å². The second kappa shape index (κ2) is 12.1. The highest BCUT2D eigenvalue weighted by molar-refractivity contribution is 5.88. The molecule has 0 saturated heterocycles. The molecular formula is C30H25F7O2. The minimum atomic E-state index is -4.74. The highest BCUT2D eigenvalue weighted by Crippen LogP contribution is 2.31. The van der Waals surface area contributed by atoms with Crippen LogP contribution in [0.15, 0.2) is 60.7 Å². The van der Waals surface area contributed by atoms with E-state index in [1.54, 1.807) is 43.5 Å². The van der Waals surface area contributed by atoms with Crippen LogP contribution in [-0.2, 0) is 24.0 Å². The fraction of sp³-hybridized carbons (Fsp3) is 0.267. The van der Waals surface area contributed by atoms with E-state index < -0.39 is 36.0 Å². The third kappa shape index (κ3) is 7.09.